The van der Waals surface area contributed by atoms with E-state index in [4.69, 9.17) is 11.6 Å². The van der Waals surface area contributed by atoms with Crippen molar-refractivity contribution >= 4 is 21.4 Å². The van der Waals surface area contributed by atoms with E-state index >= 15 is 0 Å². The highest BCUT2D eigenvalue weighted by atomic mass is 35.5. The summed E-state index contributed by atoms with van der Waals surface area (Å²) < 4.78 is 22.8. The Balaban J connectivity index is 2.36. The van der Waals surface area contributed by atoms with E-state index in [9.17, 15) is 8.42 Å². The summed E-state index contributed by atoms with van der Waals surface area (Å²) in [5.41, 5.74) is 1.12. The molecule has 0 bridgehead atoms. The summed E-state index contributed by atoms with van der Waals surface area (Å²) in [6, 6.07) is 5.26. The lowest BCUT2D eigenvalue weighted by molar-refractivity contribution is 0.602. The fourth-order valence-electron chi connectivity index (χ4n) is 2.13. The summed E-state index contributed by atoms with van der Waals surface area (Å²) in [6.45, 7) is 0. The molecule has 0 spiro atoms. The van der Waals surface area contributed by atoms with Crippen molar-refractivity contribution in [2.45, 2.75) is 30.1 Å². The predicted molar refractivity (Wildman–Crippen MR) is 65.5 cm³/mol. The van der Waals surface area contributed by atoms with Crippen LogP contribution in [0.3, 0.4) is 0 Å². The number of benzene rings is 1. The second-order valence-corrected chi connectivity index (χ2v) is 6.63. The third kappa shape index (κ3) is 2.41. The van der Waals surface area contributed by atoms with Gasteiger partial charge in [-0.2, -0.15) is 0 Å². The zero-order valence-corrected chi connectivity index (χ0v) is 10.7. The number of sulfone groups is 1. The number of halogens is 1. The molecule has 1 unspecified atom stereocenters. The van der Waals surface area contributed by atoms with Crippen molar-refractivity contribution in [2.24, 2.45) is 0 Å². The van der Waals surface area contributed by atoms with Gasteiger partial charge in [0.05, 0.1) is 9.92 Å². The molecule has 1 saturated carbocycles. The highest BCUT2D eigenvalue weighted by molar-refractivity contribution is 7.90. The van der Waals surface area contributed by atoms with Crippen LogP contribution in [-0.4, -0.2) is 14.7 Å². The third-order valence-electron chi connectivity index (χ3n) is 2.95. The van der Waals surface area contributed by atoms with E-state index in [1.165, 1.54) is 12.7 Å². The number of hydrogen-bond acceptors (Lipinski definition) is 2. The molecular formula is C12H14ClO2S. The van der Waals surface area contributed by atoms with Crippen molar-refractivity contribution in [3.05, 3.63) is 35.2 Å². The quantitative estimate of drug-likeness (QED) is 0.815. The summed E-state index contributed by atoms with van der Waals surface area (Å²) >= 11 is 6.00. The molecule has 87 valence electrons. The molecule has 1 atom stereocenters. The monoisotopic (exact) mass is 257 g/mol. The van der Waals surface area contributed by atoms with Gasteiger partial charge in [-0.3, -0.25) is 0 Å². The van der Waals surface area contributed by atoms with Crippen LogP contribution in [0.4, 0.5) is 0 Å². The summed E-state index contributed by atoms with van der Waals surface area (Å²) in [4.78, 5) is 0.218. The highest BCUT2D eigenvalue weighted by Gasteiger charge is 2.19. The third-order valence-corrected chi connectivity index (χ3v) is 4.53. The molecule has 2 rings (SSSR count). The maximum absolute atomic E-state index is 11.4. The van der Waals surface area contributed by atoms with Crippen molar-refractivity contribution in [2.75, 3.05) is 6.26 Å². The van der Waals surface area contributed by atoms with Gasteiger partial charge in [0, 0.05) is 6.26 Å². The molecule has 0 aromatic heterocycles. The highest BCUT2D eigenvalue weighted by Crippen LogP contribution is 2.35. The summed E-state index contributed by atoms with van der Waals surface area (Å²) in [6.07, 6.45) is 6.92. The predicted octanol–water partition coefficient (Wildman–Crippen LogP) is 3.22. The minimum atomic E-state index is -3.22. The maximum Gasteiger partial charge on any atom is 0.176 e. The lowest BCUT2D eigenvalue weighted by Crippen LogP contribution is -2.00. The molecule has 1 radical (unpaired) electrons. The van der Waals surface area contributed by atoms with Crippen LogP contribution in [0, 0.1) is 6.42 Å². The van der Waals surface area contributed by atoms with Gasteiger partial charge in [-0.05, 0) is 42.9 Å². The van der Waals surface area contributed by atoms with Gasteiger partial charge in [-0.15, -0.1) is 0 Å². The Morgan fingerprint density at radius 3 is 2.62 bits per heavy atom. The molecule has 1 aromatic rings. The van der Waals surface area contributed by atoms with E-state index in [2.05, 4.69) is 6.42 Å². The standard InChI is InChI=1S/C12H14ClO2S/c1-16(14,15)12-7-6-10(8-11(12)13)9-4-2-3-5-9/h4,6-9H,2-3,5H2,1H3. The second kappa shape index (κ2) is 4.38. The summed E-state index contributed by atoms with van der Waals surface area (Å²) in [5, 5.41) is 0.334. The fourth-order valence-corrected chi connectivity index (χ4v) is 3.46. The maximum atomic E-state index is 11.4. The lowest BCUT2D eigenvalue weighted by Gasteiger charge is -2.11. The van der Waals surface area contributed by atoms with Gasteiger partial charge in [0.2, 0.25) is 0 Å². The molecule has 0 saturated heterocycles. The Hall–Kier alpha value is -0.540. The molecule has 0 aliphatic heterocycles. The van der Waals surface area contributed by atoms with Gasteiger partial charge in [-0.1, -0.05) is 24.1 Å². The van der Waals surface area contributed by atoms with Crippen molar-refractivity contribution in [3.63, 3.8) is 0 Å². The van der Waals surface area contributed by atoms with Gasteiger partial charge >= 0.3 is 0 Å². The van der Waals surface area contributed by atoms with Crippen LogP contribution in [0.15, 0.2) is 23.1 Å². The number of rotatable bonds is 2. The Morgan fingerprint density at radius 2 is 2.12 bits per heavy atom. The van der Waals surface area contributed by atoms with Crippen LogP contribution in [0.5, 0.6) is 0 Å². The van der Waals surface area contributed by atoms with Crippen LogP contribution in [0.1, 0.15) is 30.7 Å². The lowest BCUT2D eigenvalue weighted by atomic mass is 9.98. The molecule has 2 nitrogen and oxygen atoms in total. The van der Waals surface area contributed by atoms with Gasteiger partial charge < -0.3 is 0 Å². The van der Waals surface area contributed by atoms with Gasteiger partial charge in [0.15, 0.2) is 9.84 Å². The molecule has 1 aliphatic carbocycles. The SMILES string of the molecule is CS(=O)(=O)c1ccc(C2[CH]CCC2)cc1Cl. The first-order valence-corrected chi connectivity index (χ1v) is 7.58. The first-order valence-electron chi connectivity index (χ1n) is 5.31. The molecule has 1 aliphatic rings. The molecular weight excluding hydrogens is 244 g/mol. The smallest absolute Gasteiger partial charge is 0.176 e. The number of hydrogen-bond donors (Lipinski definition) is 0. The van der Waals surface area contributed by atoms with Crippen molar-refractivity contribution in [1.82, 2.24) is 0 Å². The summed E-state index contributed by atoms with van der Waals surface area (Å²) in [7, 11) is -3.22. The van der Waals surface area contributed by atoms with Crippen LogP contribution < -0.4 is 0 Å². The van der Waals surface area contributed by atoms with E-state index in [-0.39, 0.29) is 4.90 Å². The Bertz CT molecular complexity index is 488. The first kappa shape index (κ1) is 11.9. The summed E-state index contributed by atoms with van der Waals surface area (Å²) in [5.74, 6) is 0.436. The van der Waals surface area contributed by atoms with Crippen LogP contribution in [0.2, 0.25) is 5.02 Å². The Labute approximate surface area is 102 Å². The Kier molecular flexibility index (Phi) is 3.27. The molecule has 1 fully saturated rings. The molecule has 4 heteroatoms. The van der Waals surface area contributed by atoms with E-state index in [0.717, 1.165) is 18.4 Å². The average molecular weight is 258 g/mol. The van der Waals surface area contributed by atoms with Gasteiger partial charge in [0.1, 0.15) is 0 Å². The minimum Gasteiger partial charge on any atom is -0.224 e. The normalized spacial score (nSPS) is 17.9. The van der Waals surface area contributed by atoms with E-state index in [0.29, 0.717) is 10.9 Å². The van der Waals surface area contributed by atoms with Gasteiger partial charge in [0.25, 0.3) is 0 Å². The van der Waals surface area contributed by atoms with Crippen LogP contribution >= 0.6 is 11.6 Å². The molecule has 0 heterocycles. The van der Waals surface area contributed by atoms with Crippen LogP contribution in [-0.2, 0) is 9.84 Å². The average Bonchev–Trinajstić information content (AvgIpc) is 2.68. The van der Waals surface area contributed by atoms with Crippen molar-refractivity contribution in [1.29, 1.82) is 0 Å². The largest absolute Gasteiger partial charge is 0.224 e. The molecule has 1 aromatic carbocycles. The molecule has 0 N–H and O–H groups in total. The van der Waals surface area contributed by atoms with Crippen molar-refractivity contribution < 1.29 is 8.42 Å². The fraction of sp³-hybridized carbons (Fsp3) is 0.417. The zero-order chi connectivity index (χ0) is 11.8. The van der Waals surface area contributed by atoms with E-state index in [1.807, 2.05) is 6.07 Å². The minimum absolute atomic E-state index is 0.218. The molecule has 0 amide bonds. The first-order chi connectivity index (χ1) is 7.48. The van der Waals surface area contributed by atoms with Gasteiger partial charge in [-0.25, -0.2) is 8.42 Å². The second-order valence-electron chi connectivity index (χ2n) is 4.24. The zero-order valence-electron chi connectivity index (χ0n) is 9.11. The van der Waals surface area contributed by atoms with Crippen molar-refractivity contribution in [3.8, 4) is 0 Å². The van der Waals surface area contributed by atoms with Crippen LogP contribution in [0.25, 0.3) is 0 Å². The topological polar surface area (TPSA) is 34.1 Å². The molecule has 16 heavy (non-hydrogen) atoms. The Morgan fingerprint density at radius 1 is 1.38 bits per heavy atom. The van der Waals surface area contributed by atoms with E-state index < -0.39 is 9.84 Å². The van der Waals surface area contributed by atoms with E-state index in [1.54, 1.807) is 12.1 Å².